The second kappa shape index (κ2) is 4.51. The van der Waals surface area contributed by atoms with Gasteiger partial charge in [0, 0.05) is 6.54 Å². The third kappa shape index (κ3) is 3.16. The summed E-state index contributed by atoms with van der Waals surface area (Å²) in [5.41, 5.74) is 1.04. The molecule has 0 atom stereocenters. The Kier molecular flexibility index (Phi) is 3.29. The maximum Gasteiger partial charge on any atom is 0.319 e. The molecule has 3 heteroatoms. The van der Waals surface area contributed by atoms with E-state index in [2.05, 4.69) is 5.32 Å². The fourth-order valence-electron chi connectivity index (χ4n) is 0.864. The Bertz CT molecular complexity index is 246. The zero-order valence-electron chi connectivity index (χ0n) is 6.60. The molecule has 0 fully saturated rings. The van der Waals surface area contributed by atoms with E-state index in [0.717, 1.165) is 5.56 Å². The summed E-state index contributed by atoms with van der Waals surface area (Å²) in [5.74, 6) is -0.883. The van der Waals surface area contributed by atoms with Gasteiger partial charge in [0.05, 0.1) is 0 Å². The second-order valence-electron chi connectivity index (χ2n) is 2.42. The Hall–Kier alpha value is -1.35. The minimum atomic E-state index is -0.883. The second-order valence-corrected chi connectivity index (χ2v) is 2.42. The van der Waals surface area contributed by atoms with Gasteiger partial charge in [0.25, 0.3) is 0 Å². The molecule has 0 spiro atoms. The molecular formula is C9H10NO2. The first-order chi connectivity index (χ1) is 5.79. The summed E-state index contributed by atoms with van der Waals surface area (Å²) in [6.45, 7) is 0.363. The molecule has 0 heterocycles. The smallest absolute Gasteiger partial charge is 0.319 e. The molecular weight excluding hydrogens is 154 g/mol. The van der Waals surface area contributed by atoms with Crippen LogP contribution in [0.1, 0.15) is 5.56 Å². The lowest BCUT2D eigenvalue weighted by atomic mass is 10.2. The molecule has 0 saturated carbocycles. The van der Waals surface area contributed by atoms with Crippen LogP contribution in [0.5, 0.6) is 0 Å². The number of hydrogen-bond acceptors (Lipinski definition) is 1. The van der Waals surface area contributed by atoms with Crippen LogP contribution >= 0.6 is 0 Å². The van der Waals surface area contributed by atoms with Gasteiger partial charge in [0.1, 0.15) is 6.54 Å². The molecule has 0 aromatic heterocycles. The van der Waals surface area contributed by atoms with E-state index >= 15 is 0 Å². The fraction of sp³-hybridized carbons (Fsp3) is 0.222. The lowest BCUT2D eigenvalue weighted by Crippen LogP contribution is -2.15. The van der Waals surface area contributed by atoms with E-state index < -0.39 is 5.97 Å². The van der Waals surface area contributed by atoms with Crippen molar-refractivity contribution in [2.75, 3.05) is 6.54 Å². The van der Waals surface area contributed by atoms with Crippen LogP contribution in [-0.4, -0.2) is 17.6 Å². The standard InChI is InChI=1S/C9H10NO2/c11-9(12)7-10-6-8-4-2-1-3-5-8/h1-5H,6-7H2,(H,11,12). The Balaban J connectivity index is 2.29. The highest BCUT2D eigenvalue weighted by molar-refractivity contribution is 5.68. The Morgan fingerprint density at radius 2 is 2.00 bits per heavy atom. The number of carboxylic acids is 1. The fourth-order valence-corrected chi connectivity index (χ4v) is 0.864. The highest BCUT2D eigenvalue weighted by atomic mass is 16.4. The molecule has 0 aliphatic heterocycles. The third-order valence-corrected chi connectivity index (χ3v) is 1.38. The minimum Gasteiger partial charge on any atom is -0.480 e. The van der Waals surface area contributed by atoms with Crippen molar-refractivity contribution in [1.82, 2.24) is 5.32 Å². The SMILES string of the molecule is O=C(O)C[N]Cc1ccccc1. The molecule has 0 aliphatic rings. The molecule has 12 heavy (non-hydrogen) atoms. The number of aliphatic carboxylic acids is 1. The topological polar surface area (TPSA) is 51.4 Å². The number of benzene rings is 1. The van der Waals surface area contributed by atoms with Crippen LogP contribution in [0.4, 0.5) is 0 Å². The minimum absolute atomic E-state index is 0.116. The van der Waals surface area contributed by atoms with Gasteiger partial charge in [-0.3, -0.25) is 4.79 Å². The zero-order chi connectivity index (χ0) is 8.81. The van der Waals surface area contributed by atoms with Crippen LogP contribution in [0, 0.1) is 0 Å². The molecule has 0 bridgehead atoms. The maximum atomic E-state index is 10.1. The number of rotatable bonds is 4. The number of nitrogens with zero attached hydrogens (tertiary/aromatic N) is 1. The molecule has 1 rings (SSSR count). The zero-order valence-corrected chi connectivity index (χ0v) is 6.60. The summed E-state index contributed by atoms with van der Waals surface area (Å²) in [6.07, 6.45) is 0. The van der Waals surface area contributed by atoms with Gasteiger partial charge in [0.15, 0.2) is 0 Å². The normalized spacial score (nSPS) is 9.67. The van der Waals surface area contributed by atoms with Gasteiger partial charge in [-0.1, -0.05) is 30.3 Å². The van der Waals surface area contributed by atoms with Crippen molar-refractivity contribution in [1.29, 1.82) is 0 Å². The number of carbonyl (C=O) groups is 1. The van der Waals surface area contributed by atoms with E-state index in [4.69, 9.17) is 5.11 Å². The highest BCUT2D eigenvalue weighted by Crippen LogP contribution is 1.97. The highest BCUT2D eigenvalue weighted by Gasteiger charge is 1.96. The van der Waals surface area contributed by atoms with Crippen LogP contribution < -0.4 is 5.32 Å². The van der Waals surface area contributed by atoms with E-state index in [1.165, 1.54) is 0 Å². The molecule has 63 valence electrons. The molecule has 1 radical (unpaired) electrons. The predicted octanol–water partition coefficient (Wildman–Crippen LogP) is 0.876. The van der Waals surface area contributed by atoms with E-state index in [1.54, 1.807) is 0 Å². The van der Waals surface area contributed by atoms with Crippen molar-refractivity contribution in [3.63, 3.8) is 0 Å². The predicted molar refractivity (Wildman–Crippen MR) is 44.8 cm³/mol. The van der Waals surface area contributed by atoms with Crippen molar-refractivity contribution in [3.8, 4) is 0 Å². The molecule has 0 aliphatic carbocycles. The summed E-state index contributed by atoms with van der Waals surface area (Å²) in [4.78, 5) is 10.1. The number of hydrogen-bond donors (Lipinski definition) is 1. The molecule has 1 aromatic rings. The van der Waals surface area contributed by atoms with Crippen LogP contribution in [0.2, 0.25) is 0 Å². The molecule has 0 amide bonds. The summed E-state index contributed by atoms with van der Waals surface area (Å²) in [7, 11) is 0. The largest absolute Gasteiger partial charge is 0.480 e. The maximum absolute atomic E-state index is 10.1. The van der Waals surface area contributed by atoms with Crippen molar-refractivity contribution in [2.24, 2.45) is 0 Å². The summed E-state index contributed by atoms with van der Waals surface area (Å²) < 4.78 is 0. The average Bonchev–Trinajstić information content (AvgIpc) is 2.05. The van der Waals surface area contributed by atoms with Gasteiger partial charge in [0.2, 0.25) is 0 Å². The van der Waals surface area contributed by atoms with Gasteiger partial charge in [-0.15, -0.1) is 0 Å². The molecule has 0 saturated heterocycles. The van der Waals surface area contributed by atoms with Gasteiger partial charge in [-0.25, -0.2) is 5.32 Å². The van der Waals surface area contributed by atoms with Crippen molar-refractivity contribution in [3.05, 3.63) is 35.9 Å². The first kappa shape index (κ1) is 8.74. The van der Waals surface area contributed by atoms with Crippen molar-refractivity contribution < 1.29 is 9.90 Å². The van der Waals surface area contributed by atoms with Crippen LogP contribution in [0.25, 0.3) is 0 Å². The number of carboxylic acid groups (broad SMARTS) is 1. The lowest BCUT2D eigenvalue weighted by Gasteiger charge is -1.98. The lowest BCUT2D eigenvalue weighted by molar-refractivity contribution is -0.136. The van der Waals surface area contributed by atoms with E-state index in [1.807, 2.05) is 30.3 Å². The molecule has 3 nitrogen and oxygen atoms in total. The Labute approximate surface area is 71.0 Å². The first-order valence-electron chi connectivity index (χ1n) is 3.68. The quantitative estimate of drug-likeness (QED) is 0.718. The third-order valence-electron chi connectivity index (χ3n) is 1.38. The van der Waals surface area contributed by atoms with E-state index in [0.29, 0.717) is 6.54 Å². The van der Waals surface area contributed by atoms with Crippen molar-refractivity contribution >= 4 is 5.97 Å². The van der Waals surface area contributed by atoms with Gasteiger partial charge >= 0.3 is 5.97 Å². The summed E-state index contributed by atoms with van der Waals surface area (Å²) in [5, 5.41) is 12.1. The Morgan fingerprint density at radius 1 is 1.33 bits per heavy atom. The first-order valence-corrected chi connectivity index (χ1v) is 3.68. The van der Waals surface area contributed by atoms with Gasteiger partial charge in [-0.2, -0.15) is 0 Å². The molecule has 1 aromatic carbocycles. The van der Waals surface area contributed by atoms with Crippen LogP contribution in [0.15, 0.2) is 30.3 Å². The average molecular weight is 164 g/mol. The van der Waals surface area contributed by atoms with Gasteiger partial charge in [-0.05, 0) is 5.56 Å². The Morgan fingerprint density at radius 3 is 2.58 bits per heavy atom. The van der Waals surface area contributed by atoms with Crippen LogP contribution in [0.3, 0.4) is 0 Å². The van der Waals surface area contributed by atoms with E-state index in [-0.39, 0.29) is 6.54 Å². The van der Waals surface area contributed by atoms with Crippen LogP contribution in [-0.2, 0) is 11.3 Å². The monoisotopic (exact) mass is 164 g/mol. The molecule has 1 N–H and O–H groups in total. The van der Waals surface area contributed by atoms with E-state index in [9.17, 15) is 4.79 Å². The summed E-state index contributed by atoms with van der Waals surface area (Å²) >= 11 is 0. The summed E-state index contributed by atoms with van der Waals surface area (Å²) in [6, 6.07) is 9.58. The molecule has 0 unspecified atom stereocenters. The van der Waals surface area contributed by atoms with Crippen molar-refractivity contribution in [2.45, 2.75) is 6.54 Å². The van der Waals surface area contributed by atoms with Gasteiger partial charge < -0.3 is 5.11 Å².